The van der Waals surface area contributed by atoms with Crippen LogP contribution in [0.25, 0.3) is 22.4 Å². The number of hydrogen-bond donors (Lipinski definition) is 2. The van der Waals surface area contributed by atoms with E-state index < -0.39 is 5.82 Å². The smallest absolute Gasteiger partial charge is 0.151 e. The van der Waals surface area contributed by atoms with E-state index in [0.29, 0.717) is 22.9 Å². The molecule has 30 heavy (non-hydrogen) atoms. The fourth-order valence-electron chi connectivity index (χ4n) is 4.40. The van der Waals surface area contributed by atoms with Crippen molar-refractivity contribution in [3.63, 3.8) is 0 Å². The Labute approximate surface area is 174 Å². The Hall–Kier alpha value is -3.00. The zero-order valence-electron chi connectivity index (χ0n) is 16.9. The van der Waals surface area contributed by atoms with Crippen LogP contribution in [-0.2, 0) is 0 Å². The number of benzene rings is 1. The number of H-pyrrole nitrogens is 1. The lowest BCUT2D eigenvalue weighted by atomic mass is 9.91. The van der Waals surface area contributed by atoms with Crippen molar-refractivity contribution in [2.24, 2.45) is 0 Å². The summed E-state index contributed by atoms with van der Waals surface area (Å²) in [5.41, 5.74) is 1.62. The van der Waals surface area contributed by atoms with Gasteiger partial charge in [-0.1, -0.05) is 6.42 Å². The quantitative estimate of drug-likeness (QED) is 0.673. The summed E-state index contributed by atoms with van der Waals surface area (Å²) in [7, 11) is 2.23. The number of nitrogens with one attached hydrogen (secondary N) is 1. The number of anilines is 1. The van der Waals surface area contributed by atoms with E-state index in [2.05, 4.69) is 37.2 Å². The normalized spacial score (nSPS) is 19.4. The monoisotopic (exact) mass is 408 g/mol. The van der Waals surface area contributed by atoms with Gasteiger partial charge in [-0.3, -0.25) is 10.00 Å². The van der Waals surface area contributed by atoms with Gasteiger partial charge in [0.05, 0.1) is 11.9 Å². The first-order chi connectivity index (χ1) is 14.6. The maximum atomic E-state index is 14.6. The lowest BCUT2D eigenvalue weighted by molar-refractivity contribution is 0.119. The standard InChI is InChI=1S/C22H25FN6O/c1-28(15-3-2-4-15)16-7-8-29(13-16)22-6-5-20(26-27-22)18-9-19(23)17(10-21(18)30)14-11-24-25-12-14/h5-6,9-12,15-16,30H,2-4,7-8,13H2,1H3,(H,24,25)/t16-/m1/s1. The number of halogens is 1. The molecule has 2 aliphatic rings. The topological polar surface area (TPSA) is 81.2 Å². The van der Waals surface area contributed by atoms with Crippen LogP contribution in [0.2, 0.25) is 0 Å². The molecule has 1 aliphatic carbocycles. The lowest BCUT2D eigenvalue weighted by Crippen LogP contribution is -2.45. The molecule has 0 amide bonds. The predicted molar refractivity (Wildman–Crippen MR) is 113 cm³/mol. The SMILES string of the molecule is CN(C1CCC1)[C@@H]1CCN(c2ccc(-c3cc(F)c(-c4cn[nH]c4)cc3O)nn2)C1. The summed E-state index contributed by atoms with van der Waals surface area (Å²) in [6.07, 6.45) is 8.17. The molecule has 8 heteroatoms. The molecule has 0 bridgehead atoms. The molecule has 1 aliphatic heterocycles. The van der Waals surface area contributed by atoms with Crippen LogP contribution in [0, 0.1) is 5.82 Å². The molecule has 1 saturated carbocycles. The molecule has 0 spiro atoms. The Morgan fingerprint density at radius 3 is 2.67 bits per heavy atom. The van der Waals surface area contributed by atoms with Gasteiger partial charge in [-0.15, -0.1) is 10.2 Å². The Morgan fingerprint density at radius 2 is 2.00 bits per heavy atom. The minimum atomic E-state index is -0.448. The van der Waals surface area contributed by atoms with Gasteiger partial charge in [0.15, 0.2) is 5.82 Å². The summed E-state index contributed by atoms with van der Waals surface area (Å²) < 4.78 is 14.6. The van der Waals surface area contributed by atoms with Crippen molar-refractivity contribution >= 4 is 5.82 Å². The van der Waals surface area contributed by atoms with E-state index in [9.17, 15) is 9.50 Å². The first-order valence-electron chi connectivity index (χ1n) is 10.4. The predicted octanol–water partition coefficient (Wildman–Crippen LogP) is 3.44. The van der Waals surface area contributed by atoms with Crippen molar-refractivity contribution in [1.82, 2.24) is 25.3 Å². The average molecular weight is 408 g/mol. The summed E-state index contributed by atoms with van der Waals surface area (Å²) in [5, 5.41) is 25.6. The van der Waals surface area contributed by atoms with Crippen LogP contribution < -0.4 is 4.90 Å². The third-order valence-corrected chi connectivity index (χ3v) is 6.54. The van der Waals surface area contributed by atoms with Crippen molar-refractivity contribution in [2.45, 2.75) is 37.8 Å². The third-order valence-electron chi connectivity index (χ3n) is 6.54. The average Bonchev–Trinajstić information content (AvgIpc) is 3.40. The largest absolute Gasteiger partial charge is 0.507 e. The Morgan fingerprint density at radius 1 is 1.13 bits per heavy atom. The number of aromatic amines is 1. The molecule has 0 radical (unpaired) electrons. The highest BCUT2D eigenvalue weighted by molar-refractivity contribution is 5.74. The molecular formula is C22H25FN6O. The zero-order valence-corrected chi connectivity index (χ0v) is 16.9. The summed E-state index contributed by atoms with van der Waals surface area (Å²) in [6.45, 7) is 1.90. The second kappa shape index (κ2) is 7.68. The van der Waals surface area contributed by atoms with Gasteiger partial charge in [0.25, 0.3) is 0 Å². The number of hydrogen-bond acceptors (Lipinski definition) is 6. The van der Waals surface area contributed by atoms with E-state index in [0.717, 1.165) is 31.4 Å². The van der Waals surface area contributed by atoms with E-state index in [1.165, 1.54) is 37.6 Å². The number of aromatic hydroxyl groups is 1. The van der Waals surface area contributed by atoms with Crippen LogP contribution in [0.1, 0.15) is 25.7 Å². The van der Waals surface area contributed by atoms with Gasteiger partial charge in [-0.2, -0.15) is 5.10 Å². The highest BCUT2D eigenvalue weighted by Gasteiger charge is 2.32. The number of nitrogens with zero attached hydrogens (tertiary/aromatic N) is 5. The summed E-state index contributed by atoms with van der Waals surface area (Å²) >= 11 is 0. The maximum absolute atomic E-state index is 14.6. The molecule has 156 valence electrons. The van der Waals surface area contributed by atoms with Gasteiger partial charge in [-0.25, -0.2) is 4.39 Å². The molecule has 2 N–H and O–H groups in total. The number of phenols is 1. The molecule has 0 unspecified atom stereocenters. The molecule has 1 aromatic carbocycles. The minimum Gasteiger partial charge on any atom is -0.507 e. The lowest BCUT2D eigenvalue weighted by Gasteiger charge is -2.38. The van der Waals surface area contributed by atoms with Crippen molar-refractivity contribution < 1.29 is 9.50 Å². The Bertz CT molecular complexity index is 1020. The molecule has 7 nitrogen and oxygen atoms in total. The number of phenolic OH excluding ortho intramolecular Hbond substituents is 1. The number of rotatable bonds is 5. The zero-order chi connectivity index (χ0) is 20.7. The van der Waals surface area contributed by atoms with Gasteiger partial charge in [0.1, 0.15) is 11.6 Å². The molecule has 2 aromatic heterocycles. The van der Waals surface area contributed by atoms with Crippen molar-refractivity contribution in [1.29, 1.82) is 0 Å². The molecule has 1 saturated heterocycles. The van der Waals surface area contributed by atoms with Crippen LogP contribution in [0.5, 0.6) is 5.75 Å². The van der Waals surface area contributed by atoms with Crippen LogP contribution in [0.3, 0.4) is 0 Å². The van der Waals surface area contributed by atoms with Crippen molar-refractivity contribution in [3.8, 4) is 28.1 Å². The van der Waals surface area contributed by atoms with Crippen molar-refractivity contribution in [3.05, 3.63) is 42.5 Å². The molecule has 2 fully saturated rings. The van der Waals surface area contributed by atoms with Gasteiger partial charge in [0, 0.05) is 48.1 Å². The van der Waals surface area contributed by atoms with Crippen LogP contribution in [-0.4, -0.2) is 62.6 Å². The first kappa shape index (κ1) is 19.0. The van der Waals surface area contributed by atoms with Gasteiger partial charge < -0.3 is 10.0 Å². The van der Waals surface area contributed by atoms with E-state index in [1.54, 1.807) is 12.3 Å². The maximum Gasteiger partial charge on any atom is 0.151 e. The minimum absolute atomic E-state index is 0.0435. The summed E-state index contributed by atoms with van der Waals surface area (Å²) in [4.78, 5) is 4.77. The van der Waals surface area contributed by atoms with E-state index >= 15 is 0 Å². The Kier molecular flexibility index (Phi) is 4.86. The first-order valence-corrected chi connectivity index (χ1v) is 10.4. The fourth-order valence-corrected chi connectivity index (χ4v) is 4.40. The van der Waals surface area contributed by atoms with Gasteiger partial charge in [-0.05, 0) is 50.6 Å². The van der Waals surface area contributed by atoms with E-state index in [1.807, 2.05) is 6.07 Å². The van der Waals surface area contributed by atoms with E-state index in [-0.39, 0.29) is 11.3 Å². The number of aromatic nitrogens is 4. The fraction of sp³-hybridized carbons (Fsp3) is 0.409. The van der Waals surface area contributed by atoms with Crippen LogP contribution in [0.4, 0.5) is 10.2 Å². The summed E-state index contributed by atoms with van der Waals surface area (Å²) in [6, 6.07) is 7.65. The van der Waals surface area contributed by atoms with Crippen LogP contribution >= 0.6 is 0 Å². The highest BCUT2D eigenvalue weighted by Crippen LogP contribution is 2.35. The van der Waals surface area contributed by atoms with E-state index in [4.69, 9.17) is 0 Å². The summed E-state index contributed by atoms with van der Waals surface area (Å²) in [5.74, 6) is 0.327. The highest BCUT2D eigenvalue weighted by atomic mass is 19.1. The second-order valence-corrected chi connectivity index (χ2v) is 8.25. The third kappa shape index (κ3) is 3.41. The second-order valence-electron chi connectivity index (χ2n) is 8.25. The molecular weight excluding hydrogens is 383 g/mol. The molecule has 5 rings (SSSR count). The van der Waals surface area contributed by atoms with Crippen LogP contribution in [0.15, 0.2) is 36.7 Å². The van der Waals surface area contributed by atoms with Gasteiger partial charge >= 0.3 is 0 Å². The molecule has 3 aromatic rings. The van der Waals surface area contributed by atoms with Crippen molar-refractivity contribution in [2.75, 3.05) is 25.0 Å². The molecule has 3 heterocycles. The molecule has 1 atom stereocenters. The van der Waals surface area contributed by atoms with Gasteiger partial charge in [0.2, 0.25) is 0 Å². The Balaban J connectivity index is 1.32. The number of likely N-dealkylation sites (N-methyl/N-ethyl adjacent to an activating group) is 1.